The molecule has 0 radical (unpaired) electrons. The number of nitriles is 2. The molecule has 1 aromatic carbocycles. The number of rotatable bonds is 4. The molecule has 2 fully saturated rings. The van der Waals surface area contributed by atoms with Crippen LogP contribution in [0.4, 0.5) is 4.39 Å². The molecule has 27 heavy (non-hydrogen) atoms. The highest BCUT2D eigenvalue weighted by atomic mass is 19.1. The Morgan fingerprint density at radius 1 is 0.926 bits per heavy atom. The fraction of sp³-hybridized carbons (Fsp3) is 0.500. The minimum atomic E-state index is -0.640. The van der Waals surface area contributed by atoms with Crippen molar-refractivity contribution in [2.24, 2.45) is 17.8 Å². The summed E-state index contributed by atoms with van der Waals surface area (Å²) < 4.78 is 13.1. The lowest BCUT2D eigenvalue weighted by atomic mass is 9.70. The molecule has 1 aromatic rings. The summed E-state index contributed by atoms with van der Waals surface area (Å²) in [5, 5.41) is 17.5. The Kier molecular flexibility index (Phi) is 6.46. The van der Waals surface area contributed by atoms with Gasteiger partial charge in [0.15, 0.2) is 5.83 Å². The zero-order valence-corrected chi connectivity index (χ0v) is 15.8. The van der Waals surface area contributed by atoms with Gasteiger partial charge >= 0.3 is 0 Å². The van der Waals surface area contributed by atoms with Gasteiger partial charge in [-0.3, -0.25) is 0 Å². The third-order valence-electron chi connectivity index (χ3n) is 6.55. The molecule has 0 spiro atoms. The lowest BCUT2D eigenvalue weighted by Crippen LogP contribution is -2.22. The van der Waals surface area contributed by atoms with Crippen LogP contribution in [0.25, 0.3) is 0 Å². The molecule has 0 heterocycles. The lowest BCUT2D eigenvalue weighted by Gasteiger charge is -2.35. The number of allylic oxidation sites excluding steroid dienone is 3. The van der Waals surface area contributed by atoms with Crippen molar-refractivity contribution in [1.82, 2.24) is 0 Å². The lowest BCUT2D eigenvalue weighted by molar-refractivity contribution is 0.289. The van der Waals surface area contributed by atoms with E-state index in [1.54, 1.807) is 6.07 Å². The average molecular weight is 362 g/mol. The van der Waals surface area contributed by atoms with E-state index in [9.17, 15) is 4.39 Å². The van der Waals surface area contributed by atoms with Gasteiger partial charge in [-0.1, -0.05) is 24.3 Å². The van der Waals surface area contributed by atoms with Crippen molar-refractivity contribution in [2.45, 2.75) is 57.3 Å². The second-order valence-corrected chi connectivity index (χ2v) is 8.10. The first kappa shape index (κ1) is 19.4. The Morgan fingerprint density at radius 2 is 1.48 bits per heavy atom. The van der Waals surface area contributed by atoms with Crippen molar-refractivity contribution < 1.29 is 4.39 Å². The van der Waals surface area contributed by atoms with Crippen LogP contribution in [0.5, 0.6) is 0 Å². The molecule has 3 heteroatoms. The van der Waals surface area contributed by atoms with Crippen LogP contribution < -0.4 is 0 Å². The molecule has 2 aliphatic rings. The van der Waals surface area contributed by atoms with Gasteiger partial charge in [-0.25, -0.2) is 0 Å². The van der Waals surface area contributed by atoms with Gasteiger partial charge in [0.25, 0.3) is 0 Å². The van der Waals surface area contributed by atoms with E-state index in [1.807, 2.05) is 12.1 Å². The second kappa shape index (κ2) is 9.01. The van der Waals surface area contributed by atoms with E-state index < -0.39 is 5.83 Å². The molecule has 2 saturated carbocycles. The van der Waals surface area contributed by atoms with E-state index in [0.717, 1.165) is 31.2 Å². The molecular weight excluding hydrogens is 335 g/mol. The maximum atomic E-state index is 13.1. The van der Waals surface area contributed by atoms with Crippen LogP contribution in [0.1, 0.15) is 68.4 Å². The summed E-state index contributed by atoms with van der Waals surface area (Å²) in [5.41, 5.74) is 3.47. The van der Waals surface area contributed by atoms with Gasteiger partial charge in [-0.2, -0.15) is 14.9 Å². The average Bonchev–Trinajstić information content (AvgIpc) is 2.74. The van der Waals surface area contributed by atoms with Crippen LogP contribution in [0.3, 0.4) is 0 Å². The summed E-state index contributed by atoms with van der Waals surface area (Å²) >= 11 is 0. The van der Waals surface area contributed by atoms with Gasteiger partial charge < -0.3 is 0 Å². The standard InChI is InChI=1S/C24H27FN2/c1-17(20-6-2-18(3-7-20)14-24(25)16-27)21-10-12-23(13-11-21)22-8-4-19(15-26)5-9-22/h4-5,8-9,14,18,20-21,23H,1-3,6-7,10-13H2. The Hall–Kier alpha value is -2.39. The summed E-state index contributed by atoms with van der Waals surface area (Å²) in [7, 11) is 0. The fourth-order valence-corrected chi connectivity index (χ4v) is 4.86. The highest BCUT2D eigenvalue weighted by Gasteiger charge is 2.29. The van der Waals surface area contributed by atoms with Crippen LogP contribution in [0.2, 0.25) is 0 Å². The van der Waals surface area contributed by atoms with Gasteiger partial charge in [0.05, 0.1) is 11.6 Å². The van der Waals surface area contributed by atoms with E-state index in [0.29, 0.717) is 17.8 Å². The summed E-state index contributed by atoms with van der Waals surface area (Å²) in [6.45, 7) is 4.45. The number of halogens is 1. The minimum Gasteiger partial charge on any atom is -0.195 e. The Labute approximate surface area is 162 Å². The van der Waals surface area contributed by atoms with Crippen LogP contribution >= 0.6 is 0 Å². The number of hydrogen-bond acceptors (Lipinski definition) is 2. The van der Waals surface area contributed by atoms with Crippen molar-refractivity contribution in [3.63, 3.8) is 0 Å². The minimum absolute atomic E-state index is 0.209. The first-order chi connectivity index (χ1) is 13.1. The second-order valence-electron chi connectivity index (χ2n) is 8.10. The predicted octanol–water partition coefficient (Wildman–Crippen LogP) is 6.57. The maximum Gasteiger partial charge on any atom is 0.196 e. The van der Waals surface area contributed by atoms with Gasteiger partial charge in [0.2, 0.25) is 0 Å². The molecule has 0 atom stereocenters. The van der Waals surface area contributed by atoms with Crippen molar-refractivity contribution >= 4 is 0 Å². The maximum absolute atomic E-state index is 13.1. The van der Waals surface area contributed by atoms with E-state index in [1.165, 1.54) is 42.9 Å². The van der Waals surface area contributed by atoms with Crippen LogP contribution in [0.15, 0.2) is 48.3 Å². The molecule has 140 valence electrons. The Bertz CT molecular complexity index is 762. The van der Waals surface area contributed by atoms with Gasteiger partial charge in [0, 0.05) is 0 Å². The molecule has 3 rings (SSSR count). The fourth-order valence-electron chi connectivity index (χ4n) is 4.86. The van der Waals surface area contributed by atoms with Crippen molar-refractivity contribution in [3.05, 3.63) is 59.4 Å². The quantitative estimate of drug-likeness (QED) is 0.449. The van der Waals surface area contributed by atoms with Crippen LogP contribution in [-0.2, 0) is 0 Å². The molecule has 0 N–H and O–H groups in total. The number of nitrogens with zero attached hydrogens (tertiary/aromatic N) is 2. The molecule has 0 unspecified atom stereocenters. The first-order valence-electron chi connectivity index (χ1n) is 10.1. The van der Waals surface area contributed by atoms with Gasteiger partial charge in [-0.05, 0) is 98.8 Å². The molecule has 2 aliphatic carbocycles. The summed E-state index contributed by atoms with van der Waals surface area (Å²) in [5.74, 6) is 1.32. The molecule has 0 saturated heterocycles. The molecule has 0 aliphatic heterocycles. The van der Waals surface area contributed by atoms with Crippen LogP contribution in [-0.4, -0.2) is 0 Å². The number of hydrogen-bond donors (Lipinski definition) is 0. The topological polar surface area (TPSA) is 47.6 Å². The zero-order valence-electron chi connectivity index (χ0n) is 15.8. The Balaban J connectivity index is 1.49. The third-order valence-corrected chi connectivity index (χ3v) is 6.55. The van der Waals surface area contributed by atoms with Crippen molar-refractivity contribution in [3.8, 4) is 12.1 Å². The molecule has 2 nitrogen and oxygen atoms in total. The summed E-state index contributed by atoms with van der Waals surface area (Å²) in [6.07, 6.45) is 10.3. The normalized spacial score (nSPS) is 28.8. The zero-order chi connectivity index (χ0) is 19.2. The first-order valence-corrected chi connectivity index (χ1v) is 10.1. The summed E-state index contributed by atoms with van der Waals surface area (Å²) in [4.78, 5) is 0. The molecule has 0 amide bonds. The molecule has 0 aromatic heterocycles. The van der Waals surface area contributed by atoms with Gasteiger partial charge in [-0.15, -0.1) is 0 Å². The third kappa shape index (κ3) is 4.86. The van der Waals surface area contributed by atoms with E-state index in [-0.39, 0.29) is 5.92 Å². The number of benzene rings is 1. The van der Waals surface area contributed by atoms with Crippen molar-refractivity contribution in [1.29, 1.82) is 10.5 Å². The van der Waals surface area contributed by atoms with E-state index in [2.05, 4.69) is 24.8 Å². The predicted molar refractivity (Wildman–Crippen MR) is 105 cm³/mol. The Morgan fingerprint density at radius 3 is 2.00 bits per heavy atom. The highest BCUT2D eigenvalue weighted by molar-refractivity contribution is 5.33. The monoisotopic (exact) mass is 362 g/mol. The molecular formula is C24H27FN2. The summed E-state index contributed by atoms with van der Waals surface area (Å²) in [6, 6.07) is 11.8. The van der Waals surface area contributed by atoms with Gasteiger partial charge in [0.1, 0.15) is 6.07 Å². The van der Waals surface area contributed by atoms with E-state index >= 15 is 0 Å². The smallest absolute Gasteiger partial charge is 0.195 e. The molecule has 0 bridgehead atoms. The van der Waals surface area contributed by atoms with E-state index in [4.69, 9.17) is 10.5 Å². The SMILES string of the molecule is C=C(C1CCC(C=C(F)C#N)CC1)C1CCC(c2ccc(C#N)cc2)CC1. The highest BCUT2D eigenvalue weighted by Crippen LogP contribution is 2.43. The largest absolute Gasteiger partial charge is 0.196 e. The van der Waals surface area contributed by atoms with Crippen molar-refractivity contribution in [2.75, 3.05) is 0 Å². The van der Waals surface area contributed by atoms with Crippen LogP contribution in [0, 0.1) is 40.4 Å².